The van der Waals surface area contributed by atoms with Gasteiger partial charge in [0.15, 0.2) is 5.76 Å². The van der Waals surface area contributed by atoms with E-state index >= 15 is 0 Å². The number of carbonyl (C=O) groups is 1. The fraction of sp³-hybridized carbons (Fsp3) is 0.0500. The smallest absolute Gasteiger partial charge is 0.232 e. The molecule has 0 atom stereocenters. The van der Waals surface area contributed by atoms with E-state index in [0.29, 0.717) is 38.4 Å². The minimum atomic E-state index is -0.197. The number of carbonyl (C=O) groups excluding carboxylic acids is 1. The van der Waals surface area contributed by atoms with Crippen molar-refractivity contribution < 1.29 is 18.7 Å². The fourth-order valence-electron chi connectivity index (χ4n) is 2.59. The summed E-state index contributed by atoms with van der Waals surface area (Å²) in [5.74, 6) is 1.55. The molecule has 1 aliphatic heterocycles. The van der Waals surface area contributed by atoms with E-state index < -0.39 is 0 Å². The number of rotatable bonds is 4. The molecule has 2 heterocycles. The number of hydrogen-bond acceptors (Lipinski definition) is 4. The second-order valence-electron chi connectivity index (χ2n) is 5.60. The summed E-state index contributed by atoms with van der Waals surface area (Å²) in [6.07, 6.45) is 3.09. The predicted molar refractivity (Wildman–Crippen MR) is 98.9 cm³/mol. The molecule has 0 fully saturated rings. The maximum Gasteiger partial charge on any atom is 0.232 e. The number of Topliss-reactive ketones (excluding diaryl/α,β-unsaturated/α-hetero) is 1. The fourth-order valence-corrected chi connectivity index (χ4v) is 3.09. The quantitative estimate of drug-likeness (QED) is 0.533. The number of benzene rings is 2. The van der Waals surface area contributed by atoms with Crippen molar-refractivity contribution in [3.8, 4) is 11.5 Å². The molecule has 0 aliphatic carbocycles. The van der Waals surface area contributed by atoms with E-state index in [9.17, 15) is 4.79 Å². The van der Waals surface area contributed by atoms with Gasteiger partial charge >= 0.3 is 0 Å². The molecule has 2 aromatic carbocycles. The molecular weight excluding hydrogens is 375 g/mol. The molecule has 0 amide bonds. The second kappa shape index (κ2) is 6.90. The molecule has 4 nitrogen and oxygen atoms in total. The van der Waals surface area contributed by atoms with E-state index in [0.717, 1.165) is 0 Å². The van der Waals surface area contributed by atoms with Crippen molar-refractivity contribution in [2.45, 2.75) is 6.61 Å². The van der Waals surface area contributed by atoms with Crippen molar-refractivity contribution in [3.05, 3.63) is 87.5 Å². The Morgan fingerprint density at radius 2 is 1.85 bits per heavy atom. The van der Waals surface area contributed by atoms with Gasteiger partial charge in [-0.3, -0.25) is 4.79 Å². The Kier molecular flexibility index (Phi) is 4.45. The molecule has 3 aromatic rings. The number of fused-ring (bicyclic) bond motifs is 1. The molecular formula is C20H12Cl2O4. The van der Waals surface area contributed by atoms with Gasteiger partial charge in [0, 0.05) is 27.8 Å². The van der Waals surface area contributed by atoms with E-state index in [2.05, 4.69) is 0 Å². The monoisotopic (exact) mass is 386 g/mol. The topological polar surface area (TPSA) is 48.7 Å². The minimum absolute atomic E-state index is 0.197. The summed E-state index contributed by atoms with van der Waals surface area (Å²) in [5.41, 5.74) is 1.18. The highest BCUT2D eigenvalue weighted by atomic mass is 35.5. The van der Waals surface area contributed by atoms with Crippen LogP contribution >= 0.6 is 23.2 Å². The largest absolute Gasteiger partial charge is 0.489 e. The van der Waals surface area contributed by atoms with Crippen LogP contribution in [-0.4, -0.2) is 5.78 Å². The van der Waals surface area contributed by atoms with Crippen LogP contribution in [0, 0.1) is 0 Å². The van der Waals surface area contributed by atoms with Crippen LogP contribution in [0.4, 0.5) is 0 Å². The van der Waals surface area contributed by atoms with Crippen LogP contribution in [0.15, 0.2) is 65.0 Å². The normalized spacial score (nSPS) is 14.4. The number of allylic oxidation sites excluding steroid dienone is 1. The summed E-state index contributed by atoms with van der Waals surface area (Å²) in [7, 11) is 0. The van der Waals surface area contributed by atoms with Gasteiger partial charge in [-0.05, 0) is 36.4 Å². The highest BCUT2D eigenvalue weighted by Crippen LogP contribution is 2.35. The molecule has 1 aliphatic rings. The maximum atomic E-state index is 12.4. The summed E-state index contributed by atoms with van der Waals surface area (Å²) in [4.78, 5) is 12.4. The summed E-state index contributed by atoms with van der Waals surface area (Å²) < 4.78 is 16.6. The number of furan rings is 1. The van der Waals surface area contributed by atoms with E-state index in [-0.39, 0.29) is 18.1 Å². The van der Waals surface area contributed by atoms with Gasteiger partial charge in [0.05, 0.1) is 11.8 Å². The molecule has 6 heteroatoms. The second-order valence-corrected chi connectivity index (χ2v) is 6.42. The van der Waals surface area contributed by atoms with Gasteiger partial charge in [0.2, 0.25) is 5.78 Å². The van der Waals surface area contributed by atoms with Gasteiger partial charge in [-0.2, -0.15) is 0 Å². The van der Waals surface area contributed by atoms with Crippen molar-refractivity contribution in [2.24, 2.45) is 0 Å². The lowest BCUT2D eigenvalue weighted by molar-refractivity contribution is 0.101. The van der Waals surface area contributed by atoms with Crippen LogP contribution < -0.4 is 9.47 Å². The molecule has 130 valence electrons. The molecule has 0 N–H and O–H groups in total. The van der Waals surface area contributed by atoms with Gasteiger partial charge in [0.25, 0.3) is 0 Å². The third-order valence-electron chi connectivity index (χ3n) is 3.90. The third-order valence-corrected chi connectivity index (χ3v) is 4.61. The highest BCUT2D eigenvalue weighted by molar-refractivity contribution is 6.35. The van der Waals surface area contributed by atoms with E-state index in [1.54, 1.807) is 54.6 Å². The Morgan fingerprint density at radius 1 is 1.04 bits per heavy atom. The zero-order valence-electron chi connectivity index (χ0n) is 13.4. The van der Waals surface area contributed by atoms with Gasteiger partial charge in [-0.1, -0.05) is 29.3 Å². The van der Waals surface area contributed by atoms with Crippen molar-refractivity contribution in [2.75, 3.05) is 0 Å². The molecule has 0 saturated heterocycles. The lowest BCUT2D eigenvalue weighted by Crippen LogP contribution is -1.98. The predicted octanol–water partition coefficient (Wildman–Crippen LogP) is 5.78. The molecule has 26 heavy (non-hydrogen) atoms. The molecule has 0 spiro atoms. The third kappa shape index (κ3) is 3.21. The summed E-state index contributed by atoms with van der Waals surface area (Å²) >= 11 is 12.3. The Labute approximate surface area is 159 Å². The zero-order chi connectivity index (χ0) is 18.1. The molecule has 0 radical (unpaired) electrons. The zero-order valence-corrected chi connectivity index (χ0v) is 14.9. The maximum absolute atomic E-state index is 12.4. The van der Waals surface area contributed by atoms with Crippen molar-refractivity contribution in [3.63, 3.8) is 0 Å². The SMILES string of the molecule is O=C1/C(=C/c2ccco2)Oc2cc(OCc3c(Cl)cccc3Cl)ccc21. The Hall–Kier alpha value is -2.69. The minimum Gasteiger partial charge on any atom is -0.489 e. The molecule has 1 aromatic heterocycles. The molecule has 0 unspecified atom stereocenters. The Bertz CT molecular complexity index is 986. The van der Waals surface area contributed by atoms with Crippen LogP contribution in [0.25, 0.3) is 6.08 Å². The number of ketones is 1. The standard InChI is InChI=1S/C20H12Cl2O4/c21-16-4-1-5-17(22)15(16)11-25-13-6-7-14-18(9-13)26-19(20(14)23)10-12-3-2-8-24-12/h1-10H,11H2/b19-10-. The van der Waals surface area contributed by atoms with Crippen molar-refractivity contribution >= 4 is 35.1 Å². The first-order valence-corrected chi connectivity index (χ1v) is 8.55. The van der Waals surface area contributed by atoms with Crippen LogP contribution in [0.3, 0.4) is 0 Å². The van der Waals surface area contributed by atoms with Crippen LogP contribution in [0.2, 0.25) is 10.0 Å². The molecule has 4 rings (SSSR count). The molecule has 0 saturated carbocycles. The Balaban J connectivity index is 1.54. The number of hydrogen-bond donors (Lipinski definition) is 0. The van der Waals surface area contributed by atoms with Crippen LogP contribution in [0.5, 0.6) is 11.5 Å². The van der Waals surface area contributed by atoms with E-state index in [1.807, 2.05) is 0 Å². The van der Waals surface area contributed by atoms with E-state index in [4.69, 9.17) is 37.1 Å². The first kappa shape index (κ1) is 16.8. The van der Waals surface area contributed by atoms with Crippen molar-refractivity contribution in [1.82, 2.24) is 0 Å². The van der Waals surface area contributed by atoms with Gasteiger partial charge < -0.3 is 13.9 Å². The average Bonchev–Trinajstić information content (AvgIpc) is 3.23. The highest BCUT2D eigenvalue weighted by Gasteiger charge is 2.28. The van der Waals surface area contributed by atoms with Crippen LogP contribution in [-0.2, 0) is 6.61 Å². The lowest BCUT2D eigenvalue weighted by Gasteiger charge is -2.10. The summed E-state index contributed by atoms with van der Waals surface area (Å²) in [6.45, 7) is 0.209. The van der Waals surface area contributed by atoms with E-state index in [1.165, 1.54) is 6.26 Å². The molecule has 0 bridgehead atoms. The number of halogens is 2. The van der Waals surface area contributed by atoms with Gasteiger partial charge in [-0.25, -0.2) is 0 Å². The Morgan fingerprint density at radius 3 is 2.58 bits per heavy atom. The summed E-state index contributed by atoms with van der Waals surface area (Å²) in [6, 6.07) is 13.8. The van der Waals surface area contributed by atoms with Crippen LogP contribution in [0.1, 0.15) is 21.7 Å². The summed E-state index contributed by atoms with van der Waals surface area (Å²) in [5, 5.41) is 1.07. The number of ether oxygens (including phenoxy) is 2. The first-order chi connectivity index (χ1) is 12.6. The van der Waals surface area contributed by atoms with Gasteiger partial charge in [0.1, 0.15) is 23.9 Å². The first-order valence-electron chi connectivity index (χ1n) is 7.79. The van der Waals surface area contributed by atoms with Crippen molar-refractivity contribution in [1.29, 1.82) is 0 Å². The lowest BCUT2D eigenvalue weighted by atomic mass is 10.1. The van der Waals surface area contributed by atoms with Gasteiger partial charge in [-0.15, -0.1) is 0 Å². The average molecular weight is 387 g/mol.